The Balaban J connectivity index is 0.000000108. The number of hydrogen-bond acceptors (Lipinski definition) is 9. The molecule has 4 heterocycles. The second kappa shape index (κ2) is 30.4. The van der Waals surface area contributed by atoms with Gasteiger partial charge in [0.15, 0.2) is 5.78 Å². The van der Waals surface area contributed by atoms with Gasteiger partial charge in [0.2, 0.25) is 0 Å². The third-order valence-electron chi connectivity index (χ3n) is 18.6. The molecule has 4 aliphatic rings. The Bertz CT molecular complexity index is 4860. The quantitative estimate of drug-likeness (QED) is 0.0949. The van der Waals surface area contributed by atoms with Gasteiger partial charge in [0.1, 0.15) is 35.6 Å². The number of ketones is 1. The van der Waals surface area contributed by atoms with Crippen LogP contribution in [-0.2, 0) is 17.8 Å². The minimum Gasteiger partial charge on any atom is -0.507 e. The van der Waals surface area contributed by atoms with Crippen LogP contribution in [0.15, 0.2) is 309 Å². The van der Waals surface area contributed by atoms with Crippen LogP contribution in [0.5, 0.6) is 17.2 Å². The molecule has 0 spiro atoms. The number of para-hydroxylation sites is 1. The molecule has 14 aromatic rings. The third-order valence-corrected chi connectivity index (χ3v) is 18.6. The standard InChI is InChI=1S/C20H14O2.C17H18N2.C16H14O.C15H12O2.C14H12O.C8H11N/c21-17-11-9-13-5-1-3-7-15(13)19(17)20-16-8-4-2-6-14(16)10-12-18(20)22;1-12-3-5-16-14(7-12)9-18-11-19(16)10-15-8-13(2)4-6-17(15)18;1-11(17)16-14-8-4-2-6-12(14)10-13-7-3-5-9-15(13)16;16-13-10-15(11-6-2-1-3-7-11)17-14-9-5-4-8-12(13)14;1-3-7-11(8-4-1)13-14(15-13)12-9-5-2-6-10-12;1-7(9)8-5-3-2-4-6-8/h1-12,21-22H;3-8H,9-11H2,1-2H3;2-11,17H,1H3;1-9,15H,10H2;1-10,13-14H;2-7H,9H2,1H3. The fourth-order valence-electron chi connectivity index (χ4n) is 13.7. The first-order valence-corrected chi connectivity index (χ1v) is 33.9. The highest BCUT2D eigenvalue weighted by Crippen LogP contribution is 2.51. The average Bonchev–Trinajstić information content (AvgIpc) is 1.74. The molecule has 18 rings (SSSR count). The monoisotopic (exact) mass is 1300 g/mol. The van der Waals surface area contributed by atoms with Gasteiger partial charge < -0.3 is 40.3 Å². The number of benzene rings is 14. The molecule has 14 aromatic carbocycles. The van der Waals surface area contributed by atoms with Crippen molar-refractivity contribution in [2.75, 3.05) is 16.5 Å². The summed E-state index contributed by atoms with van der Waals surface area (Å²) in [5, 5.41) is 39.4. The Morgan fingerprint density at radius 3 is 1.29 bits per heavy atom. The van der Waals surface area contributed by atoms with Gasteiger partial charge in [0, 0.05) is 41.6 Å². The number of ether oxygens (including phenoxy) is 2. The molecule has 4 aliphatic heterocycles. The van der Waals surface area contributed by atoms with Crippen LogP contribution >= 0.6 is 0 Å². The molecule has 5 N–H and O–H groups in total. The van der Waals surface area contributed by atoms with E-state index in [1.807, 2.05) is 196 Å². The molecule has 492 valence electrons. The maximum absolute atomic E-state index is 12.0. The molecule has 0 aromatic heterocycles. The number of phenols is 2. The predicted molar refractivity (Wildman–Crippen MR) is 406 cm³/mol. The number of phenolic OH excluding ortho intramolecular Hbond substituents is 2. The maximum Gasteiger partial charge on any atom is 0.170 e. The summed E-state index contributed by atoms with van der Waals surface area (Å²) in [6.07, 6.45) is 0.327. The van der Waals surface area contributed by atoms with Crippen LogP contribution in [0.1, 0.15) is 111 Å². The topological polar surface area (TPSA) is 132 Å². The molecular weight excluding hydrogens is 1220 g/mol. The van der Waals surface area contributed by atoms with Crippen LogP contribution in [0.3, 0.4) is 0 Å². The molecule has 0 saturated carbocycles. The number of Topliss-reactive ketones (excluding diaryl/α,β-unsaturated/α-hetero) is 1. The van der Waals surface area contributed by atoms with Crippen molar-refractivity contribution in [1.82, 2.24) is 0 Å². The summed E-state index contributed by atoms with van der Waals surface area (Å²) >= 11 is 0. The van der Waals surface area contributed by atoms with Crippen LogP contribution in [0.4, 0.5) is 11.4 Å². The highest BCUT2D eigenvalue weighted by Gasteiger charge is 2.41. The molecule has 9 nitrogen and oxygen atoms in total. The number of fused-ring (bicyclic) bond motifs is 11. The number of carbonyl (C=O) groups is 1. The van der Waals surface area contributed by atoms with Crippen molar-refractivity contribution in [1.29, 1.82) is 0 Å². The first kappa shape index (κ1) is 66.3. The molecule has 5 atom stereocenters. The van der Waals surface area contributed by atoms with E-state index in [1.54, 1.807) is 12.1 Å². The van der Waals surface area contributed by atoms with E-state index in [2.05, 4.69) is 139 Å². The van der Waals surface area contributed by atoms with Gasteiger partial charge in [-0.2, -0.15) is 0 Å². The van der Waals surface area contributed by atoms with Crippen LogP contribution in [0, 0.1) is 13.8 Å². The number of aliphatic hydroxyl groups is 1. The Hall–Kier alpha value is -11.3. The summed E-state index contributed by atoms with van der Waals surface area (Å²) in [6, 6.07) is 103. The van der Waals surface area contributed by atoms with E-state index >= 15 is 0 Å². The summed E-state index contributed by atoms with van der Waals surface area (Å²) in [7, 11) is 0. The zero-order valence-corrected chi connectivity index (χ0v) is 56.2. The van der Waals surface area contributed by atoms with Crippen molar-refractivity contribution in [3.63, 3.8) is 0 Å². The number of carbonyl (C=O) groups excluding carboxylic acids is 1. The Labute approximate surface area is 579 Å². The smallest absolute Gasteiger partial charge is 0.170 e. The van der Waals surface area contributed by atoms with E-state index in [0.717, 1.165) is 63.2 Å². The van der Waals surface area contributed by atoms with E-state index in [1.165, 1.54) is 61.1 Å². The van der Waals surface area contributed by atoms with Crippen molar-refractivity contribution in [3.8, 4) is 28.4 Å². The SMILES string of the molecule is CC(N)c1ccccc1.CC(O)c1c2ccccc2cc2ccccc12.Cc1ccc2c(c1)CN1CN2Cc2cc(C)ccc21.O=C1CC(c2ccccc2)Oc2ccccc21.Oc1ccc2ccccc2c1-c1c(O)ccc2ccccc12.c1ccc(C2OC2c2ccccc2)cc1. The van der Waals surface area contributed by atoms with E-state index in [4.69, 9.17) is 15.2 Å². The lowest BCUT2D eigenvalue weighted by atomic mass is 9.92. The van der Waals surface area contributed by atoms with E-state index in [9.17, 15) is 20.1 Å². The maximum atomic E-state index is 12.0. The Morgan fingerprint density at radius 1 is 0.434 bits per heavy atom. The second-order valence-electron chi connectivity index (χ2n) is 25.7. The van der Waals surface area contributed by atoms with Gasteiger partial charge in [-0.1, -0.05) is 278 Å². The number of anilines is 2. The molecule has 9 heteroatoms. The largest absolute Gasteiger partial charge is 0.507 e. The van der Waals surface area contributed by atoms with Gasteiger partial charge in [-0.05, 0) is 152 Å². The fourth-order valence-corrected chi connectivity index (χ4v) is 13.7. The first-order chi connectivity index (χ1) is 48.3. The van der Waals surface area contributed by atoms with Gasteiger partial charge >= 0.3 is 0 Å². The van der Waals surface area contributed by atoms with Gasteiger partial charge in [-0.3, -0.25) is 4.79 Å². The van der Waals surface area contributed by atoms with Crippen molar-refractivity contribution >= 4 is 60.2 Å². The minimum atomic E-state index is -0.453. The summed E-state index contributed by atoms with van der Waals surface area (Å²) in [4.78, 5) is 17.0. The summed E-state index contributed by atoms with van der Waals surface area (Å²) in [6.45, 7) is 11.2. The number of aryl methyl sites for hydroxylation is 2. The van der Waals surface area contributed by atoms with E-state index in [0.29, 0.717) is 28.9 Å². The lowest BCUT2D eigenvalue weighted by Gasteiger charge is -2.45. The molecule has 0 amide bonds. The Morgan fingerprint density at radius 2 is 0.838 bits per heavy atom. The average molecular weight is 1300 g/mol. The molecule has 0 aliphatic carbocycles. The highest BCUT2D eigenvalue weighted by atomic mass is 16.6. The second-order valence-corrected chi connectivity index (χ2v) is 25.7. The molecule has 2 bridgehead atoms. The normalized spacial score (nSPS) is 15.7. The highest BCUT2D eigenvalue weighted by molar-refractivity contribution is 6.09. The Kier molecular flexibility index (Phi) is 20.4. The van der Waals surface area contributed by atoms with Crippen LogP contribution in [-0.4, -0.2) is 27.8 Å². The van der Waals surface area contributed by atoms with Gasteiger partial charge in [0.25, 0.3) is 0 Å². The van der Waals surface area contributed by atoms with Crippen LogP contribution in [0.25, 0.3) is 54.2 Å². The van der Waals surface area contributed by atoms with Crippen molar-refractivity contribution < 1.29 is 29.6 Å². The first-order valence-electron chi connectivity index (χ1n) is 33.9. The van der Waals surface area contributed by atoms with Gasteiger partial charge in [0.05, 0.1) is 24.8 Å². The number of aromatic hydroxyl groups is 2. The molecule has 1 fully saturated rings. The third kappa shape index (κ3) is 15.3. The minimum absolute atomic E-state index is 0.153. The van der Waals surface area contributed by atoms with Crippen molar-refractivity contribution in [3.05, 3.63) is 365 Å². The lowest BCUT2D eigenvalue weighted by molar-refractivity contribution is 0.0850. The fraction of sp³-hybridized carbons (Fsp3) is 0.144. The number of nitrogens with zero attached hydrogens (tertiary/aromatic N) is 2. The molecule has 99 heavy (non-hydrogen) atoms. The predicted octanol–water partition coefficient (Wildman–Crippen LogP) is 21.3. The van der Waals surface area contributed by atoms with Crippen molar-refractivity contribution in [2.45, 2.75) is 77.7 Å². The van der Waals surface area contributed by atoms with Crippen molar-refractivity contribution in [2.24, 2.45) is 5.73 Å². The number of aliphatic hydroxyl groups excluding tert-OH is 1. The summed E-state index contributed by atoms with van der Waals surface area (Å²) in [5.41, 5.74) is 21.9. The van der Waals surface area contributed by atoms with Gasteiger partial charge in [-0.25, -0.2) is 0 Å². The summed E-state index contributed by atoms with van der Waals surface area (Å²) in [5.74, 6) is 1.19. The molecule has 5 unspecified atom stereocenters. The number of nitrogens with two attached hydrogens (primary N) is 1. The number of hydrogen-bond donors (Lipinski definition) is 4. The zero-order valence-electron chi connectivity index (χ0n) is 56.2. The number of rotatable bonds is 6. The molecular formula is C90H81N3O6. The molecule has 0 radical (unpaired) electrons. The van der Waals surface area contributed by atoms with E-state index in [-0.39, 0.29) is 41.6 Å². The number of epoxide rings is 1. The lowest BCUT2D eigenvalue weighted by Crippen LogP contribution is -2.46. The van der Waals surface area contributed by atoms with E-state index < -0.39 is 6.10 Å². The van der Waals surface area contributed by atoms with Crippen LogP contribution < -0.4 is 20.3 Å². The van der Waals surface area contributed by atoms with Gasteiger partial charge in [-0.15, -0.1) is 0 Å². The zero-order chi connectivity index (χ0) is 68.4. The summed E-state index contributed by atoms with van der Waals surface area (Å²) < 4.78 is 11.6. The van der Waals surface area contributed by atoms with Crippen LogP contribution in [0.2, 0.25) is 0 Å². The molecule has 1 saturated heterocycles.